The first kappa shape index (κ1) is 27.2. The van der Waals surface area contributed by atoms with Crippen LogP contribution in [0.1, 0.15) is 130 Å². The number of rotatable bonds is 15. The Kier molecular flexibility index (Phi) is 12.1. The number of carbonyl (C=O) groups is 1. The summed E-state index contributed by atoms with van der Waals surface area (Å²) in [6, 6.07) is -0.507. The molecule has 5 nitrogen and oxygen atoms in total. The van der Waals surface area contributed by atoms with Crippen molar-refractivity contribution in [2.75, 3.05) is 6.61 Å². The molecule has 1 saturated heterocycles. The van der Waals surface area contributed by atoms with Gasteiger partial charge in [0, 0.05) is 0 Å². The minimum atomic E-state index is -1.02. The minimum Gasteiger partial charge on any atom is -0.465 e. The van der Waals surface area contributed by atoms with Gasteiger partial charge in [-0.05, 0) is 57.9 Å². The van der Waals surface area contributed by atoms with Gasteiger partial charge in [0.15, 0.2) is 0 Å². The smallest absolute Gasteiger partial charge is 0.410 e. The molecule has 0 aromatic carbocycles. The zero-order valence-corrected chi connectivity index (χ0v) is 21.0. The first-order valence-corrected chi connectivity index (χ1v) is 13.4. The summed E-state index contributed by atoms with van der Waals surface area (Å²) >= 11 is 0. The van der Waals surface area contributed by atoms with E-state index >= 15 is 0 Å². The molecule has 1 heterocycles. The van der Waals surface area contributed by atoms with Crippen molar-refractivity contribution >= 4 is 6.09 Å². The monoisotopic (exact) mass is 451 g/mol. The van der Waals surface area contributed by atoms with Gasteiger partial charge < -0.3 is 14.9 Å². The molecule has 1 fully saturated rings. The quantitative estimate of drug-likeness (QED) is 0.201. The fraction of sp³-hybridized carbons (Fsp3) is 0.889. The van der Waals surface area contributed by atoms with E-state index in [1.165, 1.54) is 93.9 Å². The van der Waals surface area contributed by atoms with Crippen LogP contribution in [0.3, 0.4) is 0 Å². The van der Waals surface area contributed by atoms with Crippen LogP contribution in [0.15, 0.2) is 11.1 Å². The van der Waals surface area contributed by atoms with Crippen molar-refractivity contribution in [3.05, 3.63) is 11.1 Å². The third-order valence-electron chi connectivity index (χ3n) is 7.41. The van der Waals surface area contributed by atoms with E-state index in [4.69, 9.17) is 4.74 Å². The van der Waals surface area contributed by atoms with Gasteiger partial charge in [0.2, 0.25) is 0 Å². The number of carboxylic acid groups (broad SMARTS) is 1. The van der Waals surface area contributed by atoms with E-state index < -0.39 is 24.0 Å². The van der Waals surface area contributed by atoms with E-state index in [1.807, 2.05) is 0 Å². The van der Waals surface area contributed by atoms with Crippen LogP contribution in [0.25, 0.3) is 0 Å². The maximum Gasteiger partial charge on any atom is 0.410 e. The van der Waals surface area contributed by atoms with Crippen LogP contribution in [0.4, 0.5) is 4.79 Å². The second-order valence-electron chi connectivity index (χ2n) is 10.4. The van der Waals surface area contributed by atoms with Gasteiger partial charge in [0.05, 0.1) is 18.8 Å². The topological polar surface area (TPSA) is 70.0 Å². The molecule has 2 N–H and O–H groups in total. The maximum atomic E-state index is 11.8. The van der Waals surface area contributed by atoms with Crippen molar-refractivity contribution in [1.82, 2.24) is 4.90 Å². The molecule has 1 unspecified atom stereocenters. The number of unbranched alkanes of at least 4 members (excludes halogenated alkanes) is 11. The Morgan fingerprint density at radius 2 is 1.50 bits per heavy atom. The molecular weight excluding hydrogens is 402 g/mol. The van der Waals surface area contributed by atoms with Crippen molar-refractivity contribution in [2.24, 2.45) is 0 Å². The average Bonchev–Trinajstić information content (AvgIpc) is 3.09. The Morgan fingerprint density at radius 1 is 0.969 bits per heavy atom. The van der Waals surface area contributed by atoms with Crippen LogP contribution in [-0.2, 0) is 4.74 Å². The van der Waals surface area contributed by atoms with Gasteiger partial charge in [-0.15, -0.1) is 0 Å². The molecular formula is C27H49NO4. The number of nitrogens with zero attached hydrogens (tertiary/aromatic N) is 1. The predicted octanol–water partition coefficient (Wildman–Crippen LogP) is 7.42. The summed E-state index contributed by atoms with van der Waals surface area (Å²) in [6.45, 7) is 6.05. The minimum absolute atomic E-state index is 0.260. The number of aliphatic hydroxyl groups excluding tert-OH is 1. The van der Waals surface area contributed by atoms with Crippen molar-refractivity contribution in [3.8, 4) is 0 Å². The summed E-state index contributed by atoms with van der Waals surface area (Å²) in [5.41, 5.74) is 1.59. The van der Waals surface area contributed by atoms with Crippen molar-refractivity contribution in [1.29, 1.82) is 0 Å². The Bertz CT molecular complexity index is 586. The first-order chi connectivity index (χ1) is 15.4. The number of hydrogen-bond acceptors (Lipinski definition) is 3. The highest BCUT2D eigenvalue weighted by Crippen LogP contribution is 2.36. The zero-order valence-electron chi connectivity index (χ0n) is 21.0. The predicted molar refractivity (Wildman–Crippen MR) is 131 cm³/mol. The van der Waals surface area contributed by atoms with E-state index in [1.54, 1.807) is 13.8 Å². The molecule has 0 radical (unpaired) electrons. The van der Waals surface area contributed by atoms with Crippen molar-refractivity contribution in [3.63, 3.8) is 0 Å². The fourth-order valence-corrected chi connectivity index (χ4v) is 5.48. The number of ether oxygens (including phenoxy) is 1. The molecule has 0 aromatic heterocycles. The third kappa shape index (κ3) is 8.37. The molecule has 0 saturated carbocycles. The van der Waals surface area contributed by atoms with Crippen LogP contribution in [0.2, 0.25) is 0 Å². The molecule has 32 heavy (non-hydrogen) atoms. The summed E-state index contributed by atoms with van der Waals surface area (Å²) < 4.78 is 5.71. The Morgan fingerprint density at radius 3 is 2.06 bits per heavy atom. The molecule has 1 aliphatic carbocycles. The van der Waals surface area contributed by atoms with E-state index in [9.17, 15) is 15.0 Å². The summed E-state index contributed by atoms with van der Waals surface area (Å²) in [6.07, 6.45) is 19.6. The second-order valence-corrected chi connectivity index (χ2v) is 10.4. The summed E-state index contributed by atoms with van der Waals surface area (Å²) in [5, 5.41) is 20.8. The number of aliphatic hydroxyl groups is 1. The van der Waals surface area contributed by atoms with Gasteiger partial charge in [-0.2, -0.15) is 0 Å². The molecule has 2 atom stereocenters. The lowest BCUT2D eigenvalue weighted by molar-refractivity contribution is -0.0454. The van der Waals surface area contributed by atoms with Gasteiger partial charge in [-0.25, -0.2) is 4.79 Å². The Hall–Kier alpha value is -1.07. The highest BCUT2D eigenvalue weighted by molar-refractivity contribution is 5.67. The van der Waals surface area contributed by atoms with Crippen LogP contribution in [0.5, 0.6) is 0 Å². The molecule has 186 valence electrons. The average molecular weight is 452 g/mol. The number of hydrogen-bond donors (Lipinski definition) is 2. The Balaban J connectivity index is 1.72. The molecule has 1 aliphatic heterocycles. The molecule has 2 rings (SSSR count). The number of amides is 1. The molecule has 0 aromatic rings. The largest absolute Gasteiger partial charge is 0.465 e. The van der Waals surface area contributed by atoms with Crippen molar-refractivity contribution in [2.45, 2.75) is 148 Å². The summed E-state index contributed by atoms with van der Waals surface area (Å²) in [5.74, 6) is 0. The molecule has 5 heteroatoms. The zero-order chi connectivity index (χ0) is 23.4. The van der Waals surface area contributed by atoms with Gasteiger partial charge in [0.25, 0.3) is 0 Å². The van der Waals surface area contributed by atoms with E-state index in [-0.39, 0.29) is 6.61 Å². The van der Waals surface area contributed by atoms with E-state index in [2.05, 4.69) is 6.92 Å². The molecule has 1 amide bonds. The van der Waals surface area contributed by atoms with Crippen LogP contribution < -0.4 is 0 Å². The Labute approximate surface area is 196 Å². The SMILES string of the molecule is CCCCCCCCCCCCCCC1=C(C(O)[C@H]2COC(C)(C)N2C(=O)O)CCCC1. The fourth-order valence-electron chi connectivity index (χ4n) is 5.48. The number of allylic oxidation sites excluding steroid dienone is 1. The summed E-state index contributed by atoms with van der Waals surface area (Å²) in [7, 11) is 0. The van der Waals surface area contributed by atoms with Gasteiger partial charge in [-0.3, -0.25) is 4.90 Å². The van der Waals surface area contributed by atoms with Gasteiger partial charge >= 0.3 is 6.09 Å². The van der Waals surface area contributed by atoms with Gasteiger partial charge in [-0.1, -0.05) is 83.1 Å². The standard InChI is InChI=1S/C27H49NO4/c1-4-5-6-7-8-9-10-11-12-13-14-15-18-22-19-16-17-20-23(22)25(29)24-21-32-27(2,3)28(24)26(30)31/h24-25,29H,4-21H2,1-3H3,(H,30,31)/t24-,25?/m1/s1. The lowest BCUT2D eigenvalue weighted by Crippen LogP contribution is -2.51. The van der Waals surface area contributed by atoms with E-state index in [0.29, 0.717) is 0 Å². The molecule has 2 aliphatic rings. The maximum absolute atomic E-state index is 11.8. The first-order valence-electron chi connectivity index (χ1n) is 13.4. The third-order valence-corrected chi connectivity index (χ3v) is 7.41. The van der Waals surface area contributed by atoms with E-state index in [0.717, 1.165) is 31.3 Å². The second kappa shape index (κ2) is 14.2. The highest BCUT2D eigenvalue weighted by Gasteiger charge is 2.47. The van der Waals surface area contributed by atoms with Crippen LogP contribution >= 0.6 is 0 Å². The molecule has 0 bridgehead atoms. The lowest BCUT2D eigenvalue weighted by Gasteiger charge is -2.35. The normalized spacial score (nSPS) is 21.9. The van der Waals surface area contributed by atoms with Gasteiger partial charge in [0.1, 0.15) is 5.72 Å². The summed E-state index contributed by atoms with van der Waals surface area (Å²) in [4.78, 5) is 13.1. The van der Waals surface area contributed by atoms with Crippen LogP contribution in [0, 0.1) is 0 Å². The molecule has 0 spiro atoms. The van der Waals surface area contributed by atoms with Crippen molar-refractivity contribution < 1.29 is 19.7 Å². The highest BCUT2D eigenvalue weighted by atomic mass is 16.5. The lowest BCUT2D eigenvalue weighted by atomic mass is 9.83. The van der Waals surface area contributed by atoms with Crippen LogP contribution in [-0.4, -0.2) is 45.7 Å².